The Bertz CT molecular complexity index is 595. The molecule has 0 spiro atoms. The molecule has 3 nitrogen and oxygen atoms in total. The fourth-order valence-electron chi connectivity index (χ4n) is 2.83. The van der Waals surface area contributed by atoms with Crippen LogP contribution in [-0.4, -0.2) is 25.2 Å². The van der Waals surface area contributed by atoms with E-state index in [0.717, 1.165) is 44.6 Å². The van der Waals surface area contributed by atoms with Gasteiger partial charge in [-0.2, -0.15) is 0 Å². The highest BCUT2D eigenvalue weighted by Crippen LogP contribution is 2.16. The maximum atomic E-state index is 6.04. The van der Waals surface area contributed by atoms with Crippen LogP contribution in [0.3, 0.4) is 0 Å². The summed E-state index contributed by atoms with van der Waals surface area (Å²) < 4.78 is 6.04. The quantitative estimate of drug-likeness (QED) is 0.548. The molecule has 0 aromatic heterocycles. The van der Waals surface area contributed by atoms with Gasteiger partial charge in [0.2, 0.25) is 0 Å². The van der Waals surface area contributed by atoms with Crippen LogP contribution in [0, 0.1) is 0 Å². The molecule has 2 aromatic rings. The van der Waals surface area contributed by atoms with Crippen molar-refractivity contribution >= 4 is 0 Å². The molecular formula is C23H34N2O. The van der Waals surface area contributed by atoms with Crippen LogP contribution in [0.5, 0.6) is 5.75 Å². The SMILES string of the molecule is CC(C)NCCCNCc1ccc(OC(C)CCc2ccccc2)cc1. The molecule has 0 aliphatic rings. The molecule has 1 unspecified atom stereocenters. The van der Waals surface area contributed by atoms with E-state index in [2.05, 4.69) is 86.0 Å². The fourth-order valence-corrected chi connectivity index (χ4v) is 2.83. The summed E-state index contributed by atoms with van der Waals surface area (Å²) in [6, 6.07) is 19.6. The van der Waals surface area contributed by atoms with E-state index < -0.39 is 0 Å². The Morgan fingerprint density at radius 1 is 0.846 bits per heavy atom. The van der Waals surface area contributed by atoms with Gasteiger partial charge in [-0.1, -0.05) is 56.3 Å². The van der Waals surface area contributed by atoms with Gasteiger partial charge in [0.05, 0.1) is 6.10 Å². The third-order valence-corrected chi connectivity index (χ3v) is 4.36. The van der Waals surface area contributed by atoms with Gasteiger partial charge in [0, 0.05) is 12.6 Å². The van der Waals surface area contributed by atoms with Crippen molar-refractivity contribution in [3.63, 3.8) is 0 Å². The van der Waals surface area contributed by atoms with Crippen molar-refractivity contribution in [2.75, 3.05) is 13.1 Å². The molecule has 0 saturated carbocycles. The molecule has 26 heavy (non-hydrogen) atoms. The number of ether oxygens (including phenoxy) is 1. The topological polar surface area (TPSA) is 33.3 Å². The van der Waals surface area contributed by atoms with Gasteiger partial charge in [-0.3, -0.25) is 0 Å². The summed E-state index contributed by atoms with van der Waals surface area (Å²) in [5.74, 6) is 0.954. The molecule has 0 saturated heterocycles. The average molecular weight is 355 g/mol. The van der Waals surface area contributed by atoms with Gasteiger partial charge in [-0.25, -0.2) is 0 Å². The Morgan fingerprint density at radius 2 is 1.58 bits per heavy atom. The summed E-state index contributed by atoms with van der Waals surface area (Å²) in [6.45, 7) is 9.51. The van der Waals surface area contributed by atoms with Crippen LogP contribution in [0.2, 0.25) is 0 Å². The van der Waals surface area contributed by atoms with Crippen LogP contribution in [0.1, 0.15) is 44.7 Å². The number of hydrogen-bond acceptors (Lipinski definition) is 3. The maximum absolute atomic E-state index is 6.04. The van der Waals surface area contributed by atoms with Crippen LogP contribution in [0.25, 0.3) is 0 Å². The average Bonchev–Trinajstić information content (AvgIpc) is 2.65. The first kappa shape index (κ1) is 20.5. The molecule has 2 rings (SSSR count). The van der Waals surface area contributed by atoms with Gasteiger partial charge < -0.3 is 15.4 Å². The largest absolute Gasteiger partial charge is 0.491 e. The zero-order chi connectivity index (χ0) is 18.6. The van der Waals surface area contributed by atoms with Crippen molar-refractivity contribution < 1.29 is 4.74 Å². The standard InChI is InChI=1S/C23H34N2O/c1-19(2)25-17-7-16-24-18-22-12-14-23(15-13-22)26-20(3)10-11-21-8-5-4-6-9-21/h4-6,8-9,12-15,19-20,24-25H,7,10-11,16-18H2,1-3H3. The van der Waals surface area contributed by atoms with Crippen LogP contribution < -0.4 is 15.4 Å². The van der Waals surface area contributed by atoms with E-state index in [1.54, 1.807) is 0 Å². The Morgan fingerprint density at radius 3 is 2.27 bits per heavy atom. The second-order valence-electron chi connectivity index (χ2n) is 7.24. The summed E-state index contributed by atoms with van der Waals surface area (Å²) in [4.78, 5) is 0. The number of benzene rings is 2. The summed E-state index contributed by atoms with van der Waals surface area (Å²) in [6.07, 6.45) is 3.44. The van der Waals surface area contributed by atoms with Crippen molar-refractivity contribution in [1.29, 1.82) is 0 Å². The normalized spacial score (nSPS) is 12.3. The maximum Gasteiger partial charge on any atom is 0.119 e. The van der Waals surface area contributed by atoms with Crippen molar-refractivity contribution in [2.45, 2.75) is 58.7 Å². The summed E-state index contributed by atoms with van der Waals surface area (Å²) in [5, 5.41) is 6.93. The van der Waals surface area contributed by atoms with Gasteiger partial charge in [-0.05, 0) is 62.5 Å². The monoisotopic (exact) mass is 354 g/mol. The van der Waals surface area contributed by atoms with Crippen molar-refractivity contribution in [3.8, 4) is 5.75 Å². The minimum Gasteiger partial charge on any atom is -0.491 e. The number of nitrogens with one attached hydrogen (secondary N) is 2. The van der Waals surface area contributed by atoms with E-state index in [9.17, 15) is 0 Å². The van der Waals surface area contributed by atoms with E-state index in [1.807, 2.05) is 0 Å². The molecular weight excluding hydrogens is 320 g/mol. The smallest absolute Gasteiger partial charge is 0.119 e. The number of hydrogen-bond donors (Lipinski definition) is 2. The third kappa shape index (κ3) is 8.50. The highest BCUT2D eigenvalue weighted by atomic mass is 16.5. The lowest BCUT2D eigenvalue weighted by atomic mass is 10.1. The molecule has 0 aliphatic heterocycles. The molecule has 2 aromatic carbocycles. The van der Waals surface area contributed by atoms with Gasteiger partial charge in [0.25, 0.3) is 0 Å². The first-order valence-electron chi connectivity index (χ1n) is 9.87. The highest BCUT2D eigenvalue weighted by molar-refractivity contribution is 5.27. The zero-order valence-corrected chi connectivity index (χ0v) is 16.5. The predicted octanol–water partition coefficient (Wildman–Crippen LogP) is 4.56. The molecule has 0 radical (unpaired) electrons. The lowest BCUT2D eigenvalue weighted by Crippen LogP contribution is -2.26. The Labute approximate surface area is 159 Å². The van der Waals surface area contributed by atoms with E-state index >= 15 is 0 Å². The van der Waals surface area contributed by atoms with Crippen molar-refractivity contribution in [1.82, 2.24) is 10.6 Å². The minimum absolute atomic E-state index is 0.215. The second kappa shape index (κ2) is 11.7. The van der Waals surface area contributed by atoms with Gasteiger partial charge >= 0.3 is 0 Å². The summed E-state index contributed by atoms with van der Waals surface area (Å²) in [5.41, 5.74) is 2.67. The van der Waals surface area contributed by atoms with Crippen LogP contribution in [-0.2, 0) is 13.0 Å². The molecule has 1 atom stereocenters. The van der Waals surface area contributed by atoms with Gasteiger partial charge in [0.15, 0.2) is 0 Å². The van der Waals surface area contributed by atoms with Crippen LogP contribution in [0.15, 0.2) is 54.6 Å². The molecule has 2 N–H and O–H groups in total. The predicted molar refractivity (Wildman–Crippen MR) is 111 cm³/mol. The first-order valence-corrected chi connectivity index (χ1v) is 9.87. The third-order valence-electron chi connectivity index (χ3n) is 4.36. The van der Waals surface area contributed by atoms with E-state index in [4.69, 9.17) is 4.74 Å². The van der Waals surface area contributed by atoms with Gasteiger partial charge in [-0.15, -0.1) is 0 Å². The zero-order valence-electron chi connectivity index (χ0n) is 16.5. The summed E-state index contributed by atoms with van der Waals surface area (Å²) >= 11 is 0. The fraction of sp³-hybridized carbons (Fsp3) is 0.478. The minimum atomic E-state index is 0.215. The van der Waals surface area contributed by atoms with Crippen LogP contribution >= 0.6 is 0 Å². The molecule has 142 valence electrons. The number of aryl methyl sites for hydroxylation is 1. The molecule has 0 aliphatic carbocycles. The Balaban J connectivity index is 1.63. The summed E-state index contributed by atoms with van der Waals surface area (Å²) in [7, 11) is 0. The first-order chi connectivity index (χ1) is 12.6. The Kier molecular flexibility index (Phi) is 9.22. The van der Waals surface area contributed by atoms with E-state index in [0.29, 0.717) is 6.04 Å². The second-order valence-corrected chi connectivity index (χ2v) is 7.24. The molecule has 0 bridgehead atoms. The highest BCUT2D eigenvalue weighted by Gasteiger charge is 2.05. The van der Waals surface area contributed by atoms with Crippen molar-refractivity contribution in [3.05, 3.63) is 65.7 Å². The molecule has 3 heteroatoms. The van der Waals surface area contributed by atoms with E-state index in [1.165, 1.54) is 11.1 Å². The van der Waals surface area contributed by atoms with Gasteiger partial charge in [0.1, 0.15) is 5.75 Å². The van der Waals surface area contributed by atoms with Crippen LogP contribution in [0.4, 0.5) is 0 Å². The lowest BCUT2D eigenvalue weighted by molar-refractivity contribution is 0.211. The lowest BCUT2D eigenvalue weighted by Gasteiger charge is -2.15. The van der Waals surface area contributed by atoms with Crippen molar-refractivity contribution in [2.24, 2.45) is 0 Å². The Hall–Kier alpha value is -1.84. The molecule has 0 amide bonds. The number of rotatable bonds is 12. The molecule has 0 heterocycles. The van der Waals surface area contributed by atoms with E-state index in [-0.39, 0.29) is 6.10 Å². The molecule has 0 fully saturated rings.